The molecule has 0 bridgehead atoms. The summed E-state index contributed by atoms with van der Waals surface area (Å²) in [4.78, 5) is 2.30. The van der Waals surface area contributed by atoms with Crippen molar-refractivity contribution in [2.45, 2.75) is 24.8 Å². The number of rotatable bonds is 3. The fourth-order valence-corrected chi connectivity index (χ4v) is 4.55. The van der Waals surface area contributed by atoms with Crippen molar-refractivity contribution in [1.82, 2.24) is 15.5 Å². The van der Waals surface area contributed by atoms with E-state index in [-0.39, 0.29) is 17.2 Å². The van der Waals surface area contributed by atoms with Gasteiger partial charge < -0.3 is 5.32 Å². The number of nitrogens with one attached hydrogen (secondary N) is 2. The monoisotopic (exact) mass is 247 g/mol. The Morgan fingerprint density at radius 3 is 2.81 bits per heavy atom. The van der Waals surface area contributed by atoms with Crippen LogP contribution < -0.4 is 10.6 Å². The maximum atomic E-state index is 12.1. The van der Waals surface area contributed by atoms with Gasteiger partial charge in [-0.2, -0.15) is 0 Å². The van der Waals surface area contributed by atoms with E-state index in [0.29, 0.717) is 6.42 Å². The third kappa shape index (κ3) is 2.40. The number of fused-ring (bicyclic) bond motifs is 1. The molecule has 16 heavy (non-hydrogen) atoms. The molecule has 2 aliphatic heterocycles. The highest BCUT2D eigenvalue weighted by Gasteiger charge is 2.39. The first-order valence-electron chi connectivity index (χ1n) is 6.05. The molecule has 2 fully saturated rings. The highest BCUT2D eigenvalue weighted by Crippen LogP contribution is 2.17. The number of nitrogens with zero attached hydrogens (tertiary/aromatic N) is 1. The maximum Gasteiger partial charge on any atom is 0.167 e. The van der Waals surface area contributed by atoms with Crippen LogP contribution in [0.4, 0.5) is 0 Å². The zero-order chi connectivity index (χ0) is 11.6. The number of hydrogen-bond donors (Lipinski definition) is 2. The van der Waals surface area contributed by atoms with Crippen LogP contribution in [-0.2, 0) is 9.84 Å². The van der Waals surface area contributed by atoms with Gasteiger partial charge in [-0.3, -0.25) is 10.2 Å². The Kier molecular flexibility index (Phi) is 3.84. The lowest BCUT2D eigenvalue weighted by molar-refractivity contribution is 0.119. The largest absolute Gasteiger partial charge is 0.314 e. The number of hydrogen-bond acceptors (Lipinski definition) is 5. The molecule has 0 aromatic rings. The van der Waals surface area contributed by atoms with E-state index >= 15 is 0 Å². The van der Waals surface area contributed by atoms with Gasteiger partial charge in [0.15, 0.2) is 9.84 Å². The van der Waals surface area contributed by atoms with Crippen molar-refractivity contribution in [3.05, 3.63) is 0 Å². The molecule has 2 unspecified atom stereocenters. The van der Waals surface area contributed by atoms with Crippen LogP contribution in [0.3, 0.4) is 0 Å². The SMILES string of the molecule is CCCS(=O)(=O)C1NCCN2CCNCC12. The normalized spacial score (nSPS) is 32.3. The lowest BCUT2D eigenvalue weighted by Crippen LogP contribution is -2.67. The molecule has 0 saturated carbocycles. The van der Waals surface area contributed by atoms with Gasteiger partial charge in [0.05, 0.1) is 11.8 Å². The van der Waals surface area contributed by atoms with E-state index in [0.717, 1.165) is 32.7 Å². The van der Waals surface area contributed by atoms with Crippen LogP contribution in [-0.4, -0.2) is 63.2 Å². The van der Waals surface area contributed by atoms with Gasteiger partial charge in [-0.05, 0) is 6.42 Å². The summed E-state index contributed by atoms with van der Waals surface area (Å²) in [7, 11) is -3.00. The fraction of sp³-hybridized carbons (Fsp3) is 1.00. The van der Waals surface area contributed by atoms with Crippen LogP contribution in [0.2, 0.25) is 0 Å². The molecule has 2 aliphatic rings. The summed E-state index contributed by atoms with van der Waals surface area (Å²) in [5, 5.41) is 6.08. The van der Waals surface area contributed by atoms with E-state index in [2.05, 4.69) is 15.5 Å². The number of piperazine rings is 2. The summed E-state index contributed by atoms with van der Waals surface area (Å²) in [6.07, 6.45) is 0.695. The van der Waals surface area contributed by atoms with E-state index in [9.17, 15) is 8.42 Å². The fourth-order valence-electron chi connectivity index (χ4n) is 2.61. The average Bonchev–Trinajstić information content (AvgIpc) is 2.28. The molecule has 2 saturated heterocycles. The van der Waals surface area contributed by atoms with Gasteiger partial charge >= 0.3 is 0 Å². The Hall–Kier alpha value is -0.170. The Morgan fingerprint density at radius 1 is 1.31 bits per heavy atom. The Morgan fingerprint density at radius 2 is 2.06 bits per heavy atom. The quantitative estimate of drug-likeness (QED) is 0.671. The molecular formula is C10H21N3O2S. The Balaban J connectivity index is 2.13. The van der Waals surface area contributed by atoms with Gasteiger partial charge in [0, 0.05) is 32.7 Å². The zero-order valence-corrected chi connectivity index (χ0v) is 10.6. The summed E-state index contributed by atoms with van der Waals surface area (Å²) in [5.74, 6) is 0.287. The molecule has 5 nitrogen and oxygen atoms in total. The van der Waals surface area contributed by atoms with Crippen LogP contribution in [0.15, 0.2) is 0 Å². The van der Waals surface area contributed by atoms with E-state index in [4.69, 9.17) is 0 Å². The van der Waals surface area contributed by atoms with Gasteiger partial charge in [-0.1, -0.05) is 6.92 Å². The standard InChI is InChI=1S/C10H21N3O2S/c1-2-7-16(14,15)10-9-8-11-3-5-13(9)6-4-12-10/h9-12H,2-8H2,1H3. The number of sulfone groups is 1. The summed E-state index contributed by atoms with van der Waals surface area (Å²) in [6.45, 7) is 6.37. The molecular weight excluding hydrogens is 226 g/mol. The van der Waals surface area contributed by atoms with Crippen LogP contribution in [0.25, 0.3) is 0 Å². The summed E-state index contributed by atoms with van der Waals surface area (Å²) in [5.41, 5.74) is 0. The van der Waals surface area contributed by atoms with Gasteiger partial charge in [-0.25, -0.2) is 8.42 Å². The van der Waals surface area contributed by atoms with Crippen molar-refractivity contribution in [1.29, 1.82) is 0 Å². The van der Waals surface area contributed by atoms with E-state index in [1.165, 1.54) is 0 Å². The first kappa shape index (κ1) is 12.3. The molecule has 2 N–H and O–H groups in total. The highest BCUT2D eigenvalue weighted by atomic mass is 32.2. The topological polar surface area (TPSA) is 61.4 Å². The minimum absolute atomic E-state index is 0.110. The second kappa shape index (κ2) is 5.00. The van der Waals surface area contributed by atoms with Crippen LogP contribution in [0, 0.1) is 0 Å². The molecule has 94 valence electrons. The van der Waals surface area contributed by atoms with Gasteiger partial charge in [0.1, 0.15) is 5.37 Å². The van der Waals surface area contributed by atoms with Crippen molar-refractivity contribution in [3.63, 3.8) is 0 Å². The van der Waals surface area contributed by atoms with Gasteiger partial charge in [0.2, 0.25) is 0 Å². The van der Waals surface area contributed by atoms with Gasteiger partial charge in [-0.15, -0.1) is 0 Å². The first-order chi connectivity index (χ1) is 7.65. The molecule has 0 aromatic heterocycles. The molecule has 2 rings (SSSR count). The summed E-state index contributed by atoms with van der Waals surface area (Å²) < 4.78 is 24.2. The third-order valence-corrected chi connectivity index (χ3v) is 5.60. The van der Waals surface area contributed by atoms with Crippen LogP contribution in [0.5, 0.6) is 0 Å². The Labute approximate surface area is 97.5 Å². The van der Waals surface area contributed by atoms with Gasteiger partial charge in [0.25, 0.3) is 0 Å². The predicted octanol–water partition coefficient (Wildman–Crippen LogP) is -0.986. The van der Waals surface area contributed by atoms with Crippen molar-refractivity contribution in [2.75, 3.05) is 38.5 Å². The molecule has 0 aromatic carbocycles. The summed E-state index contributed by atoms with van der Waals surface area (Å²) in [6, 6.07) is 0.110. The molecule has 0 aliphatic carbocycles. The summed E-state index contributed by atoms with van der Waals surface area (Å²) >= 11 is 0. The molecule has 2 heterocycles. The van der Waals surface area contributed by atoms with Crippen molar-refractivity contribution in [3.8, 4) is 0 Å². The van der Waals surface area contributed by atoms with E-state index < -0.39 is 9.84 Å². The smallest absolute Gasteiger partial charge is 0.167 e. The zero-order valence-electron chi connectivity index (χ0n) is 9.78. The minimum atomic E-state index is -3.00. The lowest BCUT2D eigenvalue weighted by Gasteiger charge is -2.44. The predicted molar refractivity (Wildman–Crippen MR) is 64.1 cm³/mol. The first-order valence-corrected chi connectivity index (χ1v) is 7.76. The Bertz CT molecular complexity index is 329. The van der Waals surface area contributed by atoms with E-state index in [1.807, 2.05) is 6.92 Å². The van der Waals surface area contributed by atoms with Crippen LogP contribution in [0.1, 0.15) is 13.3 Å². The highest BCUT2D eigenvalue weighted by molar-refractivity contribution is 7.92. The minimum Gasteiger partial charge on any atom is -0.314 e. The molecule has 0 radical (unpaired) electrons. The van der Waals surface area contributed by atoms with E-state index in [1.54, 1.807) is 0 Å². The van der Waals surface area contributed by atoms with Crippen molar-refractivity contribution < 1.29 is 8.42 Å². The molecule has 6 heteroatoms. The third-order valence-electron chi connectivity index (χ3n) is 3.37. The lowest BCUT2D eigenvalue weighted by atomic mass is 10.1. The van der Waals surface area contributed by atoms with Crippen molar-refractivity contribution >= 4 is 9.84 Å². The maximum absolute atomic E-state index is 12.1. The second-order valence-electron chi connectivity index (χ2n) is 4.55. The molecule has 0 amide bonds. The molecule has 0 spiro atoms. The van der Waals surface area contributed by atoms with Crippen LogP contribution >= 0.6 is 0 Å². The van der Waals surface area contributed by atoms with Crippen molar-refractivity contribution in [2.24, 2.45) is 0 Å². The second-order valence-corrected chi connectivity index (χ2v) is 6.79. The molecule has 2 atom stereocenters. The average molecular weight is 247 g/mol.